The van der Waals surface area contributed by atoms with Crippen LogP contribution in [-0.2, 0) is 4.43 Å². The Morgan fingerprint density at radius 3 is 1.18 bits per heavy atom. The molecule has 11 heavy (non-hydrogen) atoms. The number of halogens is 6. The summed E-state index contributed by atoms with van der Waals surface area (Å²) in [6.45, 7) is 0. The van der Waals surface area contributed by atoms with Gasteiger partial charge in [-0.2, -0.15) is 26.3 Å². The van der Waals surface area contributed by atoms with Gasteiger partial charge in [0, 0.05) is 0 Å². The molecule has 0 aliphatic heterocycles. The van der Waals surface area contributed by atoms with Gasteiger partial charge < -0.3 is 4.43 Å². The maximum absolute atomic E-state index is 11.4. The zero-order chi connectivity index (χ0) is 9.28. The Morgan fingerprint density at radius 1 is 0.909 bits per heavy atom. The lowest BCUT2D eigenvalue weighted by atomic mass is 10.3. The highest BCUT2D eigenvalue weighted by atomic mass is 28.2. The van der Waals surface area contributed by atoms with Gasteiger partial charge in [0.25, 0.3) is 0 Å². The van der Waals surface area contributed by atoms with Gasteiger partial charge in [0.2, 0.25) is 6.10 Å². The lowest BCUT2D eigenvalue weighted by Gasteiger charge is -2.21. The van der Waals surface area contributed by atoms with E-state index in [4.69, 9.17) is 0 Å². The second-order valence-electron chi connectivity index (χ2n) is 1.70. The lowest BCUT2D eigenvalue weighted by molar-refractivity contribution is -0.299. The molecule has 0 bridgehead atoms. The summed E-state index contributed by atoms with van der Waals surface area (Å²) < 4.78 is 71.7. The molecule has 0 saturated carbocycles. The van der Waals surface area contributed by atoms with Crippen molar-refractivity contribution in [2.24, 2.45) is 0 Å². The van der Waals surface area contributed by atoms with Crippen LogP contribution in [0.4, 0.5) is 26.3 Å². The van der Waals surface area contributed by atoms with Crippen LogP contribution in [0.2, 0.25) is 0 Å². The van der Waals surface area contributed by atoms with Gasteiger partial charge in [-0.3, -0.25) is 0 Å². The Morgan fingerprint density at radius 2 is 1.18 bits per heavy atom. The molecule has 0 N–H and O–H groups in total. The van der Waals surface area contributed by atoms with E-state index < -0.39 is 28.9 Å². The van der Waals surface area contributed by atoms with Gasteiger partial charge in [-0.05, 0) is 0 Å². The third kappa shape index (κ3) is 3.10. The van der Waals surface area contributed by atoms with Gasteiger partial charge in [-0.1, -0.05) is 0 Å². The van der Waals surface area contributed by atoms with Crippen molar-refractivity contribution in [3.63, 3.8) is 0 Å². The summed E-state index contributed by atoms with van der Waals surface area (Å²) in [5, 5.41) is 0. The lowest BCUT2D eigenvalue weighted by Crippen LogP contribution is -2.43. The molecule has 68 valence electrons. The highest BCUT2D eigenvalue weighted by Gasteiger charge is 2.56. The predicted octanol–water partition coefficient (Wildman–Crippen LogP) is 0.777. The van der Waals surface area contributed by atoms with E-state index >= 15 is 0 Å². The topological polar surface area (TPSA) is 9.23 Å². The molecule has 0 fully saturated rings. The van der Waals surface area contributed by atoms with Gasteiger partial charge in [-0.25, -0.2) is 0 Å². The standard InChI is InChI=1S/C3H4F6OSi/c4-2(5,6)1(10-11)3(7,8)9/h1H,11H3. The van der Waals surface area contributed by atoms with E-state index in [9.17, 15) is 26.3 Å². The van der Waals surface area contributed by atoms with Crippen LogP contribution < -0.4 is 0 Å². The van der Waals surface area contributed by atoms with Crippen LogP contribution >= 0.6 is 0 Å². The van der Waals surface area contributed by atoms with Crippen molar-refractivity contribution >= 4 is 10.5 Å². The summed E-state index contributed by atoms with van der Waals surface area (Å²) in [5.41, 5.74) is 0. The van der Waals surface area contributed by atoms with Crippen LogP contribution in [-0.4, -0.2) is 28.9 Å². The SMILES string of the molecule is FC(F)(F)C(O[SiH3])C(F)(F)F. The van der Waals surface area contributed by atoms with Crippen molar-refractivity contribution in [2.75, 3.05) is 0 Å². The molecule has 0 aliphatic rings. The number of alkyl halides is 6. The molecule has 0 amide bonds. The molecule has 0 rings (SSSR count). The van der Waals surface area contributed by atoms with Crippen LogP contribution in [0.15, 0.2) is 0 Å². The van der Waals surface area contributed by atoms with Gasteiger partial charge in [0.1, 0.15) is 10.5 Å². The minimum Gasteiger partial charge on any atom is -0.410 e. The van der Waals surface area contributed by atoms with Crippen molar-refractivity contribution in [2.45, 2.75) is 18.5 Å². The molecule has 8 heteroatoms. The summed E-state index contributed by atoms with van der Waals surface area (Å²) in [6, 6.07) is 0. The molecular formula is C3H4F6OSi. The Hall–Kier alpha value is -0.243. The van der Waals surface area contributed by atoms with E-state index in [2.05, 4.69) is 4.43 Å². The quantitative estimate of drug-likeness (QED) is 0.447. The molecule has 0 spiro atoms. The summed E-state index contributed by atoms with van der Waals surface area (Å²) in [7, 11) is -0.606. The molecule has 0 aromatic heterocycles. The molecule has 0 unspecified atom stereocenters. The molecule has 0 aliphatic carbocycles. The van der Waals surface area contributed by atoms with Crippen LogP contribution in [0.1, 0.15) is 0 Å². The van der Waals surface area contributed by atoms with Gasteiger partial charge in [0.05, 0.1) is 0 Å². The molecule has 0 atom stereocenters. The maximum Gasteiger partial charge on any atom is 0.422 e. The molecular weight excluding hydrogens is 194 g/mol. The Balaban J connectivity index is 4.43. The third-order valence-electron chi connectivity index (χ3n) is 0.830. The Labute approximate surface area is 60.9 Å². The fraction of sp³-hybridized carbons (Fsp3) is 1.00. The van der Waals surface area contributed by atoms with E-state index in [-0.39, 0.29) is 0 Å². The second-order valence-corrected chi connectivity index (χ2v) is 2.17. The fourth-order valence-corrected chi connectivity index (χ4v) is 0.987. The van der Waals surface area contributed by atoms with Crippen molar-refractivity contribution in [1.29, 1.82) is 0 Å². The largest absolute Gasteiger partial charge is 0.422 e. The fourth-order valence-electron chi connectivity index (χ4n) is 0.453. The van der Waals surface area contributed by atoms with E-state index in [1.54, 1.807) is 0 Å². The smallest absolute Gasteiger partial charge is 0.410 e. The van der Waals surface area contributed by atoms with Crippen molar-refractivity contribution in [1.82, 2.24) is 0 Å². The number of hydrogen-bond acceptors (Lipinski definition) is 1. The van der Waals surface area contributed by atoms with Crippen LogP contribution in [0.25, 0.3) is 0 Å². The maximum atomic E-state index is 11.4. The van der Waals surface area contributed by atoms with Crippen LogP contribution in [0, 0.1) is 0 Å². The van der Waals surface area contributed by atoms with Crippen molar-refractivity contribution in [3.05, 3.63) is 0 Å². The normalized spacial score (nSPS) is 14.5. The number of rotatable bonds is 1. The average molecular weight is 198 g/mol. The first-order chi connectivity index (χ1) is 4.69. The highest BCUT2D eigenvalue weighted by molar-refractivity contribution is 5.98. The Bertz CT molecular complexity index is 113. The van der Waals surface area contributed by atoms with Crippen LogP contribution in [0.3, 0.4) is 0 Å². The predicted molar refractivity (Wildman–Crippen MR) is 26.9 cm³/mol. The highest BCUT2D eigenvalue weighted by Crippen LogP contribution is 2.34. The molecule has 0 heterocycles. The summed E-state index contributed by atoms with van der Waals surface area (Å²) in [4.78, 5) is 0. The zero-order valence-corrected chi connectivity index (χ0v) is 7.25. The van der Waals surface area contributed by atoms with Crippen molar-refractivity contribution in [3.8, 4) is 0 Å². The first kappa shape index (κ1) is 10.8. The Kier molecular flexibility index (Phi) is 2.95. The van der Waals surface area contributed by atoms with E-state index in [1.807, 2.05) is 0 Å². The third-order valence-corrected chi connectivity index (χ3v) is 1.30. The van der Waals surface area contributed by atoms with Crippen molar-refractivity contribution < 1.29 is 30.8 Å². The minimum absolute atomic E-state index is 0.606. The zero-order valence-electron chi connectivity index (χ0n) is 5.25. The van der Waals surface area contributed by atoms with Crippen LogP contribution in [0.5, 0.6) is 0 Å². The first-order valence-electron chi connectivity index (χ1n) is 2.36. The molecule has 0 radical (unpaired) electrons. The first-order valence-corrected chi connectivity index (χ1v) is 3.17. The number of hydrogen-bond donors (Lipinski definition) is 0. The summed E-state index contributed by atoms with van der Waals surface area (Å²) in [6.07, 6.45) is -14.3. The average Bonchev–Trinajstić information content (AvgIpc) is 1.56. The second kappa shape index (κ2) is 3.01. The van der Waals surface area contributed by atoms with E-state index in [0.717, 1.165) is 0 Å². The van der Waals surface area contributed by atoms with Gasteiger partial charge >= 0.3 is 12.4 Å². The molecule has 0 aromatic carbocycles. The van der Waals surface area contributed by atoms with Gasteiger partial charge in [-0.15, -0.1) is 0 Å². The molecule has 0 saturated heterocycles. The summed E-state index contributed by atoms with van der Waals surface area (Å²) in [5.74, 6) is 0. The monoisotopic (exact) mass is 198 g/mol. The van der Waals surface area contributed by atoms with E-state index in [1.165, 1.54) is 0 Å². The minimum atomic E-state index is -5.36. The van der Waals surface area contributed by atoms with E-state index in [0.29, 0.717) is 0 Å². The summed E-state index contributed by atoms with van der Waals surface area (Å²) >= 11 is 0. The molecule has 1 nitrogen and oxygen atoms in total. The van der Waals surface area contributed by atoms with Gasteiger partial charge in [0.15, 0.2) is 0 Å². The molecule has 0 aromatic rings.